The molecule has 0 aliphatic heterocycles. The first-order chi connectivity index (χ1) is 10.2. The second-order valence-corrected chi connectivity index (χ2v) is 4.82. The Labute approximate surface area is 125 Å². The van der Waals surface area contributed by atoms with Crippen LogP contribution in [0, 0.1) is 5.82 Å². The number of nitrogens with zero attached hydrogens (tertiary/aromatic N) is 1. The number of hydrogen-bond acceptors (Lipinski definition) is 3. The summed E-state index contributed by atoms with van der Waals surface area (Å²) in [5.41, 5.74) is 2.41. The van der Waals surface area contributed by atoms with Crippen molar-refractivity contribution in [1.82, 2.24) is 5.32 Å². The minimum Gasteiger partial charge on any atom is -0.497 e. The van der Waals surface area contributed by atoms with Gasteiger partial charge in [0.25, 0.3) is 0 Å². The molecular formula is C17H21FN2O. The van der Waals surface area contributed by atoms with Crippen LogP contribution >= 0.6 is 0 Å². The third kappa shape index (κ3) is 3.73. The normalized spacial score (nSPS) is 10.5. The summed E-state index contributed by atoms with van der Waals surface area (Å²) < 4.78 is 19.4. The van der Waals surface area contributed by atoms with E-state index in [1.807, 2.05) is 55.3 Å². The molecule has 2 aromatic rings. The molecular weight excluding hydrogens is 267 g/mol. The standard InChI is InChI=1S/C17H21FN2O/c1-4-19-12-13-5-10-17(16(18)11-13)20(2)14-6-8-15(21-3)9-7-14/h5-11,19H,4,12H2,1-3H3. The molecule has 0 spiro atoms. The Kier molecular flexibility index (Phi) is 5.17. The van der Waals surface area contributed by atoms with Gasteiger partial charge in [-0.05, 0) is 48.5 Å². The lowest BCUT2D eigenvalue weighted by Crippen LogP contribution is -2.14. The molecule has 0 aliphatic carbocycles. The highest BCUT2D eigenvalue weighted by atomic mass is 19.1. The minimum atomic E-state index is -0.219. The van der Waals surface area contributed by atoms with E-state index in [4.69, 9.17) is 4.74 Å². The molecule has 112 valence electrons. The highest BCUT2D eigenvalue weighted by Gasteiger charge is 2.10. The van der Waals surface area contributed by atoms with Crippen molar-refractivity contribution in [2.24, 2.45) is 0 Å². The van der Waals surface area contributed by atoms with Gasteiger partial charge in [0.15, 0.2) is 0 Å². The Morgan fingerprint density at radius 3 is 2.43 bits per heavy atom. The molecule has 0 atom stereocenters. The molecule has 0 aliphatic rings. The number of ether oxygens (including phenoxy) is 1. The first kappa shape index (κ1) is 15.3. The molecule has 0 heterocycles. The highest BCUT2D eigenvalue weighted by molar-refractivity contribution is 5.63. The van der Waals surface area contributed by atoms with Gasteiger partial charge in [-0.3, -0.25) is 0 Å². The summed E-state index contributed by atoms with van der Waals surface area (Å²) >= 11 is 0. The second-order valence-electron chi connectivity index (χ2n) is 4.82. The van der Waals surface area contributed by atoms with Gasteiger partial charge in [-0.15, -0.1) is 0 Å². The Morgan fingerprint density at radius 2 is 1.86 bits per heavy atom. The van der Waals surface area contributed by atoms with Gasteiger partial charge in [-0.25, -0.2) is 4.39 Å². The van der Waals surface area contributed by atoms with E-state index >= 15 is 0 Å². The van der Waals surface area contributed by atoms with Gasteiger partial charge in [0.1, 0.15) is 11.6 Å². The summed E-state index contributed by atoms with van der Waals surface area (Å²) in [6.07, 6.45) is 0. The van der Waals surface area contributed by atoms with Crippen LogP contribution in [0.5, 0.6) is 5.75 Å². The molecule has 0 fully saturated rings. The summed E-state index contributed by atoms with van der Waals surface area (Å²) in [5.74, 6) is 0.567. The van der Waals surface area contributed by atoms with E-state index in [1.165, 1.54) is 0 Å². The molecule has 2 rings (SSSR count). The van der Waals surface area contributed by atoms with E-state index in [1.54, 1.807) is 13.2 Å². The number of rotatable bonds is 6. The molecule has 0 unspecified atom stereocenters. The van der Waals surface area contributed by atoms with Gasteiger partial charge in [0.05, 0.1) is 12.8 Å². The van der Waals surface area contributed by atoms with Gasteiger partial charge in [0.2, 0.25) is 0 Å². The molecule has 4 heteroatoms. The fraction of sp³-hybridized carbons (Fsp3) is 0.294. The molecule has 2 aromatic carbocycles. The third-order valence-electron chi connectivity index (χ3n) is 3.41. The lowest BCUT2D eigenvalue weighted by molar-refractivity contribution is 0.415. The Bertz CT molecular complexity index is 584. The number of methoxy groups -OCH3 is 1. The van der Waals surface area contributed by atoms with Crippen molar-refractivity contribution in [2.75, 3.05) is 25.6 Å². The van der Waals surface area contributed by atoms with Crippen molar-refractivity contribution in [3.05, 3.63) is 53.8 Å². The smallest absolute Gasteiger partial charge is 0.147 e. The first-order valence-corrected chi connectivity index (χ1v) is 7.02. The molecule has 3 nitrogen and oxygen atoms in total. The van der Waals surface area contributed by atoms with Gasteiger partial charge >= 0.3 is 0 Å². The van der Waals surface area contributed by atoms with Crippen molar-refractivity contribution in [2.45, 2.75) is 13.5 Å². The molecule has 0 bridgehead atoms. The van der Waals surface area contributed by atoms with Crippen LogP contribution in [0.25, 0.3) is 0 Å². The van der Waals surface area contributed by atoms with Crippen LogP contribution in [0.3, 0.4) is 0 Å². The zero-order chi connectivity index (χ0) is 15.2. The fourth-order valence-corrected chi connectivity index (χ4v) is 2.15. The van der Waals surface area contributed by atoms with E-state index in [2.05, 4.69) is 5.32 Å². The van der Waals surface area contributed by atoms with Crippen molar-refractivity contribution >= 4 is 11.4 Å². The molecule has 0 aromatic heterocycles. The van der Waals surface area contributed by atoms with Crippen molar-refractivity contribution in [3.63, 3.8) is 0 Å². The van der Waals surface area contributed by atoms with Crippen LogP contribution in [0.15, 0.2) is 42.5 Å². The monoisotopic (exact) mass is 288 g/mol. The molecule has 21 heavy (non-hydrogen) atoms. The maximum Gasteiger partial charge on any atom is 0.147 e. The maximum absolute atomic E-state index is 14.3. The lowest BCUT2D eigenvalue weighted by Gasteiger charge is -2.21. The van der Waals surface area contributed by atoms with E-state index in [0.717, 1.165) is 23.5 Å². The fourth-order valence-electron chi connectivity index (χ4n) is 2.15. The number of benzene rings is 2. The van der Waals surface area contributed by atoms with Crippen molar-refractivity contribution < 1.29 is 9.13 Å². The zero-order valence-corrected chi connectivity index (χ0v) is 12.7. The highest BCUT2D eigenvalue weighted by Crippen LogP contribution is 2.28. The number of halogens is 1. The summed E-state index contributed by atoms with van der Waals surface area (Å²) in [5, 5.41) is 3.19. The largest absolute Gasteiger partial charge is 0.497 e. The van der Waals surface area contributed by atoms with Crippen molar-refractivity contribution in [3.8, 4) is 5.75 Å². The summed E-state index contributed by atoms with van der Waals surface area (Å²) in [6.45, 7) is 3.58. The maximum atomic E-state index is 14.3. The average molecular weight is 288 g/mol. The Hall–Kier alpha value is -2.07. The molecule has 0 saturated heterocycles. The molecule has 1 N–H and O–H groups in total. The molecule has 0 amide bonds. The third-order valence-corrected chi connectivity index (χ3v) is 3.41. The van der Waals surface area contributed by atoms with Gasteiger partial charge < -0.3 is 15.0 Å². The van der Waals surface area contributed by atoms with Gasteiger partial charge in [-0.1, -0.05) is 13.0 Å². The van der Waals surface area contributed by atoms with Crippen LogP contribution in [-0.4, -0.2) is 20.7 Å². The summed E-state index contributed by atoms with van der Waals surface area (Å²) in [6, 6.07) is 12.9. The summed E-state index contributed by atoms with van der Waals surface area (Å²) in [4.78, 5) is 1.83. The van der Waals surface area contributed by atoms with Crippen molar-refractivity contribution in [1.29, 1.82) is 0 Å². The molecule has 0 saturated carbocycles. The first-order valence-electron chi connectivity index (χ1n) is 7.02. The van der Waals surface area contributed by atoms with Crippen LogP contribution in [-0.2, 0) is 6.54 Å². The zero-order valence-electron chi connectivity index (χ0n) is 12.7. The van der Waals surface area contributed by atoms with Gasteiger partial charge in [-0.2, -0.15) is 0 Å². The lowest BCUT2D eigenvalue weighted by atomic mass is 10.1. The predicted octanol–water partition coefficient (Wildman–Crippen LogP) is 3.71. The summed E-state index contributed by atoms with van der Waals surface area (Å²) in [7, 11) is 3.48. The second kappa shape index (κ2) is 7.09. The van der Waals surface area contributed by atoms with E-state index in [9.17, 15) is 4.39 Å². The number of nitrogens with one attached hydrogen (secondary N) is 1. The van der Waals surface area contributed by atoms with E-state index in [0.29, 0.717) is 12.2 Å². The Morgan fingerprint density at radius 1 is 1.14 bits per heavy atom. The quantitative estimate of drug-likeness (QED) is 0.877. The minimum absolute atomic E-state index is 0.219. The molecule has 0 radical (unpaired) electrons. The van der Waals surface area contributed by atoms with Crippen LogP contribution in [0.1, 0.15) is 12.5 Å². The predicted molar refractivity (Wildman–Crippen MR) is 84.8 cm³/mol. The number of anilines is 2. The van der Waals surface area contributed by atoms with Crippen LogP contribution in [0.4, 0.5) is 15.8 Å². The van der Waals surface area contributed by atoms with E-state index < -0.39 is 0 Å². The van der Waals surface area contributed by atoms with Crippen LogP contribution < -0.4 is 15.0 Å². The number of hydrogen-bond donors (Lipinski definition) is 1. The Balaban J connectivity index is 2.19. The average Bonchev–Trinajstić information content (AvgIpc) is 2.52. The van der Waals surface area contributed by atoms with E-state index in [-0.39, 0.29) is 5.82 Å². The SMILES string of the molecule is CCNCc1ccc(N(C)c2ccc(OC)cc2)c(F)c1. The topological polar surface area (TPSA) is 24.5 Å². The van der Waals surface area contributed by atoms with Gasteiger partial charge in [0, 0.05) is 19.3 Å². The van der Waals surface area contributed by atoms with Crippen LogP contribution in [0.2, 0.25) is 0 Å².